The van der Waals surface area contributed by atoms with Crippen LogP contribution in [0.4, 0.5) is 0 Å². The molecule has 4 heteroatoms. The lowest BCUT2D eigenvalue weighted by Crippen LogP contribution is -2.03. The van der Waals surface area contributed by atoms with Crippen molar-refractivity contribution in [3.05, 3.63) is 102 Å². The van der Waals surface area contributed by atoms with Crippen molar-refractivity contribution >= 4 is 0 Å². The molecule has 2 aromatic heterocycles. The SMILES string of the molecule is c1ccc(C(c2ccccc2)c2nc(-c3ccccn3)no2)cc1. The molecular formula is C20H15N3O. The molecule has 0 atom stereocenters. The Labute approximate surface area is 139 Å². The van der Waals surface area contributed by atoms with Crippen LogP contribution in [0.1, 0.15) is 22.9 Å². The summed E-state index contributed by atoms with van der Waals surface area (Å²) in [6.45, 7) is 0. The predicted octanol–water partition coefficient (Wildman–Crippen LogP) is 4.31. The summed E-state index contributed by atoms with van der Waals surface area (Å²) in [6.07, 6.45) is 1.72. The van der Waals surface area contributed by atoms with Gasteiger partial charge in [-0.25, -0.2) is 0 Å². The zero-order valence-corrected chi connectivity index (χ0v) is 12.9. The first-order valence-corrected chi connectivity index (χ1v) is 7.77. The Kier molecular flexibility index (Phi) is 3.86. The number of nitrogens with zero attached hydrogens (tertiary/aromatic N) is 3. The van der Waals surface area contributed by atoms with E-state index in [0.29, 0.717) is 17.4 Å². The maximum atomic E-state index is 5.59. The summed E-state index contributed by atoms with van der Waals surface area (Å²) in [5.41, 5.74) is 2.92. The highest BCUT2D eigenvalue weighted by molar-refractivity contribution is 5.48. The van der Waals surface area contributed by atoms with Crippen LogP contribution < -0.4 is 0 Å². The Hall–Kier alpha value is -3.27. The molecule has 0 aliphatic rings. The molecule has 4 rings (SSSR count). The quantitative estimate of drug-likeness (QED) is 0.563. The smallest absolute Gasteiger partial charge is 0.239 e. The molecule has 0 unspecified atom stereocenters. The van der Waals surface area contributed by atoms with Gasteiger partial charge in [0.2, 0.25) is 11.7 Å². The fraction of sp³-hybridized carbons (Fsp3) is 0.0500. The summed E-state index contributed by atoms with van der Waals surface area (Å²) >= 11 is 0. The molecule has 4 nitrogen and oxygen atoms in total. The lowest BCUT2D eigenvalue weighted by molar-refractivity contribution is 0.375. The first-order chi connectivity index (χ1) is 11.9. The number of pyridine rings is 1. The average molecular weight is 313 g/mol. The van der Waals surface area contributed by atoms with E-state index in [1.165, 1.54) is 0 Å². The van der Waals surface area contributed by atoms with Gasteiger partial charge in [-0.2, -0.15) is 4.98 Å². The Morgan fingerprint density at radius 1 is 0.708 bits per heavy atom. The molecule has 2 aromatic carbocycles. The van der Waals surface area contributed by atoms with Crippen molar-refractivity contribution in [1.82, 2.24) is 15.1 Å². The van der Waals surface area contributed by atoms with E-state index in [0.717, 1.165) is 11.1 Å². The zero-order valence-electron chi connectivity index (χ0n) is 12.9. The number of hydrogen-bond acceptors (Lipinski definition) is 4. The van der Waals surface area contributed by atoms with Gasteiger partial charge in [-0.3, -0.25) is 4.98 Å². The van der Waals surface area contributed by atoms with Crippen LogP contribution in [0.5, 0.6) is 0 Å². The van der Waals surface area contributed by atoms with Crippen LogP contribution in [0.25, 0.3) is 11.5 Å². The number of benzene rings is 2. The van der Waals surface area contributed by atoms with Crippen molar-refractivity contribution < 1.29 is 4.52 Å². The number of aromatic nitrogens is 3. The van der Waals surface area contributed by atoms with Crippen LogP contribution in [-0.2, 0) is 0 Å². The Bertz CT molecular complexity index is 866. The summed E-state index contributed by atoms with van der Waals surface area (Å²) in [7, 11) is 0. The Morgan fingerprint density at radius 2 is 1.33 bits per heavy atom. The predicted molar refractivity (Wildman–Crippen MR) is 91.4 cm³/mol. The summed E-state index contributed by atoms with van der Waals surface area (Å²) in [5.74, 6) is 0.966. The molecule has 0 saturated carbocycles. The maximum absolute atomic E-state index is 5.59. The molecule has 0 spiro atoms. The molecule has 0 aliphatic heterocycles. The monoisotopic (exact) mass is 313 g/mol. The van der Waals surface area contributed by atoms with Gasteiger partial charge in [0.05, 0.1) is 5.92 Å². The van der Waals surface area contributed by atoms with E-state index >= 15 is 0 Å². The second-order valence-corrected chi connectivity index (χ2v) is 5.43. The third kappa shape index (κ3) is 2.82. The van der Waals surface area contributed by atoms with E-state index < -0.39 is 0 Å². The van der Waals surface area contributed by atoms with Gasteiger partial charge in [-0.1, -0.05) is 71.9 Å². The van der Waals surface area contributed by atoms with Gasteiger partial charge in [0.15, 0.2) is 0 Å². The van der Waals surface area contributed by atoms with Crippen LogP contribution >= 0.6 is 0 Å². The fourth-order valence-electron chi connectivity index (χ4n) is 2.72. The van der Waals surface area contributed by atoms with E-state index in [4.69, 9.17) is 4.52 Å². The first-order valence-electron chi connectivity index (χ1n) is 7.77. The van der Waals surface area contributed by atoms with Gasteiger partial charge in [0.1, 0.15) is 5.69 Å². The normalized spacial score (nSPS) is 10.9. The molecule has 0 fully saturated rings. The maximum Gasteiger partial charge on any atom is 0.239 e. The van der Waals surface area contributed by atoms with Gasteiger partial charge >= 0.3 is 0 Å². The Balaban J connectivity index is 1.79. The van der Waals surface area contributed by atoms with Crippen molar-refractivity contribution in [2.24, 2.45) is 0 Å². The molecule has 0 aliphatic carbocycles. The Morgan fingerprint density at radius 3 is 1.92 bits per heavy atom. The van der Waals surface area contributed by atoms with Crippen molar-refractivity contribution in [3.8, 4) is 11.5 Å². The van der Waals surface area contributed by atoms with Gasteiger partial charge in [-0.05, 0) is 23.3 Å². The van der Waals surface area contributed by atoms with Crippen molar-refractivity contribution in [2.75, 3.05) is 0 Å². The van der Waals surface area contributed by atoms with Crippen LogP contribution in [0.2, 0.25) is 0 Å². The third-order valence-electron chi connectivity index (χ3n) is 3.85. The van der Waals surface area contributed by atoms with Crippen molar-refractivity contribution in [3.63, 3.8) is 0 Å². The van der Waals surface area contributed by atoms with Gasteiger partial charge < -0.3 is 4.52 Å². The zero-order chi connectivity index (χ0) is 16.2. The topological polar surface area (TPSA) is 51.8 Å². The van der Waals surface area contributed by atoms with E-state index in [-0.39, 0.29) is 5.92 Å². The minimum absolute atomic E-state index is 0.0997. The largest absolute Gasteiger partial charge is 0.338 e. The molecule has 4 aromatic rings. The van der Waals surface area contributed by atoms with Crippen molar-refractivity contribution in [2.45, 2.75) is 5.92 Å². The minimum atomic E-state index is -0.0997. The lowest BCUT2D eigenvalue weighted by atomic mass is 9.91. The number of rotatable bonds is 4. The average Bonchev–Trinajstić information content (AvgIpc) is 3.14. The van der Waals surface area contributed by atoms with E-state index in [2.05, 4.69) is 39.4 Å². The molecule has 0 bridgehead atoms. The van der Waals surface area contributed by atoms with Gasteiger partial charge in [-0.15, -0.1) is 0 Å². The van der Waals surface area contributed by atoms with Crippen LogP contribution in [0.15, 0.2) is 89.6 Å². The standard InChI is InChI=1S/C20H15N3O/c1-3-9-15(10-4-1)18(16-11-5-2-6-12-16)20-22-19(23-24-20)17-13-7-8-14-21-17/h1-14,18H. The highest BCUT2D eigenvalue weighted by atomic mass is 16.5. The molecular weight excluding hydrogens is 298 g/mol. The molecule has 2 heterocycles. The third-order valence-corrected chi connectivity index (χ3v) is 3.85. The first kappa shape index (κ1) is 14.3. The van der Waals surface area contributed by atoms with Gasteiger partial charge in [0.25, 0.3) is 0 Å². The highest BCUT2D eigenvalue weighted by Gasteiger charge is 2.23. The molecule has 24 heavy (non-hydrogen) atoms. The molecule has 0 N–H and O–H groups in total. The second kappa shape index (κ2) is 6.46. The summed E-state index contributed by atoms with van der Waals surface area (Å²) in [4.78, 5) is 8.88. The number of hydrogen-bond donors (Lipinski definition) is 0. The fourth-order valence-corrected chi connectivity index (χ4v) is 2.72. The van der Waals surface area contributed by atoms with Crippen LogP contribution in [0.3, 0.4) is 0 Å². The molecule has 0 radical (unpaired) electrons. The second-order valence-electron chi connectivity index (χ2n) is 5.43. The lowest BCUT2D eigenvalue weighted by Gasteiger charge is -2.13. The van der Waals surface area contributed by atoms with Crippen LogP contribution in [-0.4, -0.2) is 15.1 Å². The highest BCUT2D eigenvalue weighted by Crippen LogP contribution is 2.31. The van der Waals surface area contributed by atoms with Gasteiger partial charge in [0, 0.05) is 6.20 Å². The van der Waals surface area contributed by atoms with E-state index in [1.54, 1.807) is 6.20 Å². The minimum Gasteiger partial charge on any atom is -0.338 e. The van der Waals surface area contributed by atoms with Crippen LogP contribution in [0, 0.1) is 0 Å². The van der Waals surface area contributed by atoms with E-state index in [9.17, 15) is 0 Å². The summed E-state index contributed by atoms with van der Waals surface area (Å²) in [6, 6.07) is 26.0. The molecule has 0 amide bonds. The molecule has 116 valence electrons. The molecule has 0 saturated heterocycles. The summed E-state index contributed by atoms with van der Waals surface area (Å²) < 4.78 is 5.59. The summed E-state index contributed by atoms with van der Waals surface area (Å²) in [5, 5.41) is 4.11. The van der Waals surface area contributed by atoms with Crippen molar-refractivity contribution in [1.29, 1.82) is 0 Å². The van der Waals surface area contributed by atoms with E-state index in [1.807, 2.05) is 54.6 Å².